The van der Waals surface area contributed by atoms with Crippen LogP contribution in [0.15, 0.2) is 48.5 Å². The largest absolute Gasteiger partial charge is 0.487 e. The minimum atomic E-state index is 0.499. The Balaban J connectivity index is 1.75. The molecular formula is C26H34O4. The molecule has 0 atom stereocenters. The van der Waals surface area contributed by atoms with E-state index in [1.165, 1.54) is 10.8 Å². The van der Waals surface area contributed by atoms with Gasteiger partial charge in [0.1, 0.15) is 13.2 Å². The van der Waals surface area contributed by atoms with Crippen LogP contribution in [-0.4, -0.2) is 39.6 Å². The van der Waals surface area contributed by atoms with Gasteiger partial charge in [-0.3, -0.25) is 0 Å². The van der Waals surface area contributed by atoms with Crippen molar-refractivity contribution in [3.05, 3.63) is 48.5 Å². The van der Waals surface area contributed by atoms with Gasteiger partial charge in [-0.25, -0.2) is 0 Å². The molecule has 0 fully saturated rings. The highest BCUT2D eigenvalue weighted by molar-refractivity contribution is 6.01. The third-order valence-electron chi connectivity index (χ3n) is 5.04. The molecule has 3 rings (SSSR count). The first kappa shape index (κ1) is 22.4. The van der Waals surface area contributed by atoms with E-state index in [0.717, 1.165) is 61.2 Å². The molecule has 0 amide bonds. The molecule has 0 N–H and O–H groups in total. The minimum absolute atomic E-state index is 0.499. The second-order valence-electron chi connectivity index (χ2n) is 7.44. The summed E-state index contributed by atoms with van der Waals surface area (Å²) in [7, 11) is 0. The van der Waals surface area contributed by atoms with E-state index >= 15 is 0 Å². The van der Waals surface area contributed by atoms with E-state index in [2.05, 4.69) is 56.3 Å². The van der Waals surface area contributed by atoms with Crippen LogP contribution in [-0.2, 0) is 9.47 Å². The minimum Gasteiger partial charge on any atom is -0.487 e. The van der Waals surface area contributed by atoms with Crippen molar-refractivity contribution in [2.75, 3.05) is 39.6 Å². The van der Waals surface area contributed by atoms with Crippen LogP contribution in [0.4, 0.5) is 0 Å². The lowest BCUT2D eigenvalue weighted by Gasteiger charge is -2.16. The molecule has 0 aliphatic rings. The lowest BCUT2D eigenvalue weighted by atomic mass is 10.0. The van der Waals surface area contributed by atoms with E-state index in [0.29, 0.717) is 26.4 Å². The monoisotopic (exact) mass is 410 g/mol. The third-order valence-corrected chi connectivity index (χ3v) is 5.04. The Bertz CT molecular complexity index is 906. The van der Waals surface area contributed by atoms with Gasteiger partial charge in [-0.15, -0.1) is 0 Å². The first-order chi connectivity index (χ1) is 14.8. The highest BCUT2D eigenvalue weighted by Gasteiger charge is 2.12. The van der Waals surface area contributed by atoms with Gasteiger partial charge in [0.25, 0.3) is 0 Å². The molecule has 0 radical (unpaired) electrons. The molecule has 0 saturated carbocycles. The zero-order valence-corrected chi connectivity index (χ0v) is 18.3. The topological polar surface area (TPSA) is 36.9 Å². The quantitative estimate of drug-likeness (QED) is 0.228. The maximum atomic E-state index is 6.18. The summed E-state index contributed by atoms with van der Waals surface area (Å²) < 4.78 is 23.5. The second kappa shape index (κ2) is 12.4. The first-order valence-electron chi connectivity index (χ1n) is 11.2. The lowest BCUT2D eigenvalue weighted by Crippen LogP contribution is -2.11. The van der Waals surface area contributed by atoms with Crippen LogP contribution in [0.3, 0.4) is 0 Å². The van der Waals surface area contributed by atoms with Crippen molar-refractivity contribution in [1.29, 1.82) is 0 Å². The molecule has 3 aromatic carbocycles. The zero-order chi connectivity index (χ0) is 21.0. The van der Waals surface area contributed by atoms with Crippen LogP contribution in [0.2, 0.25) is 0 Å². The van der Waals surface area contributed by atoms with E-state index in [9.17, 15) is 0 Å². The van der Waals surface area contributed by atoms with Crippen molar-refractivity contribution < 1.29 is 18.9 Å². The Morgan fingerprint density at radius 3 is 1.90 bits per heavy atom. The van der Waals surface area contributed by atoms with E-state index in [4.69, 9.17) is 18.9 Å². The average molecular weight is 411 g/mol. The Hall–Kier alpha value is -2.30. The molecule has 3 aromatic rings. The summed E-state index contributed by atoms with van der Waals surface area (Å²) in [4.78, 5) is 0. The molecule has 4 heteroatoms. The number of benzene rings is 3. The van der Waals surface area contributed by atoms with E-state index < -0.39 is 0 Å². The number of ether oxygens (including phenoxy) is 4. The molecule has 0 unspecified atom stereocenters. The Morgan fingerprint density at radius 1 is 0.600 bits per heavy atom. The van der Waals surface area contributed by atoms with E-state index in [1.54, 1.807) is 0 Å². The second-order valence-corrected chi connectivity index (χ2v) is 7.44. The van der Waals surface area contributed by atoms with Crippen LogP contribution in [0.5, 0.6) is 11.5 Å². The zero-order valence-electron chi connectivity index (χ0n) is 18.3. The summed E-state index contributed by atoms with van der Waals surface area (Å²) >= 11 is 0. The third kappa shape index (κ3) is 6.35. The number of hydrogen-bond donors (Lipinski definition) is 0. The summed E-state index contributed by atoms with van der Waals surface area (Å²) in [6, 6.07) is 16.9. The molecule has 0 bridgehead atoms. The number of rotatable bonds is 14. The molecule has 0 aromatic heterocycles. The fraction of sp³-hybridized carbons (Fsp3) is 0.462. The molecule has 4 nitrogen and oxygen atoms in total. The highest BCUT2D eigenvalue weighted by Crippen LogP contribution is 2.37. The predicted octanol–water partition coefficient (Wildman–Crippen LogP) is 6.38. The number of unbranched alkanes of at least 4 members (excludes halogenated alkanes) is 2. The fourth-order valence-corrected chi connectivity index (χ4v) is 3.34. The van der Waals surface area contributed by atoms with Crippen molar-refractivity contribution in [1.82, 2.24) is 0 Å². The van der Waals surface area contributed by atoms with Crippen LogP contribution in [0, 0.1) is 0 Å². The van der Waals surface area contributed by atoms with Crippen LogP contribution >= 0.6 is 0 Å². The summed E-state index contributed by atoms with van der Waals surface area (Å²) in [5.74, 6) is 1.54. The SMILES string of the molecule is CCCCOCCOc1ccc2cc3ccccc3cc2c1OCCOCCCC. The van der Waals surface area contributed by atoms with Crippen LogP contribution in [0.25, 0.3) is 21.5 Å². The number of fused-ring (bicyclic) bond motifs is 2. The number of hydrogen-bond acceptors (Lipinski definition) is 4. The summed E-state index contributed by atoms with van der Waals surface area (Å²) in [5, 5.41) is 4.61. The van der Waals surface area contributed by atoms with Crippen LogP contribution < -0.4 is 9.47 Å². The maximum absolute atomic E-state index is 6.18. The Labute approximate surface area is 180 Å². The molecule has 0 aliphatic heterocycles. The normalized spacial score (nSPS) is 11.3. The van der Waals surface area contributed by atoms with Gasteiger partial charge in [-0.2, -0.15) is 0 Å². The van der Waals surface area contributed by atoms with Crippen LogP contribution in [0.1, 0.15) is 39.5 Å². The summed E-state index contributed by atoms with van der Waals surface area (Å²) in [6.07, 6.45) is 4.43. The molecule has 0 saturated heterocycles. The van der Waals surface area contributed by atoms with Crippen molar-refractivity contribution in [3.8, 4) is 11.5 Å². The van der Waals surface area contributed by atoms with Crippen molar-refractivity contribution >= 4 is 21.5 Å². The van der Waals surface area contributed by atoms with Gasteiger partial charge in [-0.05, 0) is 47.2 Å². The lowest BCUT2D eigenvalue weighted by molar-refractivity contribution is 0.0897. The van der Waals surface area contributed by atoms with Crippen molar-refractivity contribution in [3.63, 3.8) is 0 Å². The maximum Gasteiger partial charge on any atom is 0.169 e. The standard InChI is InChI=1S/C26H34O4/c1-3-5-13-27-15-17-29-25-12-11-23-19-21-9-7-8-10-22(21)20-24(23)26(25)30-18-16-28-14-6-4-2/h7-12,19-20H,3-6,13-18H2,1-2H3. The summed E-state index contributed by atoms with van der Waals surface area (Å²) in [5.41, 5.74) is 0. The first-order valence-corrected chi connectivity index (χ1v) is 11.2. The summed E-state index contributed by atoms with van der Waals surface area (Å²) in [6.45, 7) is 8.04. The highest BCUT2D eigenvalue weighted by atomic mass is 16.6. The van der Waals surface area contributed by atoms with Gasteiger partial charge < -0.3 is 18.9 Å². The van der Waals surface area contributed by atoms with E-state index in [-0.39, 0.29) is 0 Å². The molecule has 30 heavy (non-hydrogen) atoms. The van der Waals surface area contributed by atoms with Gasteiger partial charge in [0.15, 0.2) is 11.5 Å². The van der Waals surface area contributed by atoms with Gasteiger partial charge in [-0.1, -0.05) is 57.0 Å². The molecule has 162 valence electrons. The van der Waals surface area contributed by atoms with Gasteiger partial charge in [0, 0.05) is 18.6 Å². The van der Waals surface area contributed by atoms with E-state index in [1.807, 2.05) is 6.07 Å². The van der Waals surface area contributed by atoms with Gasteiger partial charge >= 0.3 is 0 Å². The smallest absolute Gasteiger partial charge is 0.169 e. The fourth-order valence-electron chi connectivity index (χ4n) is 3.34. The predicted molar refractivity (Wildman–Crippen MR) is 124 cm³/mol. The molecule has 0 heterocycles. The molecular weight excluding hydrogens is 376 g/mol. The Morgan fingerprint density at radius 2 is 1.23 bits per heavy atom. The molecule has 0 spiro atoms. The van der Waals surface area contributed by atoms with Gasteiger partial charge in [0.05, 0.1) is 13.2 Å². The Kier molecular flexibility index (Phi) is 9.26. The van der Waals surface area contributed by atoms with Crippen molar-refractivity contribution in [2.24, 2.45) is 0 Å². The average Bonchev–Trinajstić information content (AvgIpc) is 2.77. The van der Waals surface area contributed by atoms with Crippen molar-refractivity contribution in [2.45, 2.75) is 39.5 Å². The van der Waals surface area contributed by atoms with Gasteiger partial charge in [0.2, 0.25) is 0 Å². The molecule has 0 aliphatic carbocycles.